The van der Waals surface area contributed by atoms with E-state index < -0.39 is 14.3 Å². The average Bonchev–Trinajstić information content (AvgIpc) is 2.60. The van der Waals surface area contributed by atoms with Gasteiger partial charge in [-0.1, -0.05) is 6.07 Å². The van der Waals surface area contributed by atoms with Crippen molar-refractivity contribution in [3.05, 3.63) is 29.6 Å². The predicted molar refractivity (Wildman–Crippen MR) is 67.6 cm³/mol. The quantitative estimate of drug-likeness (QED) is 0.780. The fourth-order valence-electron chi connectivity index (χ4n) is 1.96. The molecule has 0 N–H and O–H groups in total. The van der Waals surface area contributed by atoms with Gasteiger partial charge in [0.2, 0.25) is 15.0 Å². The number of pyridine rings is 1. The molecule has 98 valence electrons. The predicted octanol–water partition coefficient (Wildman–Crippen LogP) is 1.06. The minimum absolute atomic E-state index is 0.0440. The summed E-state index contributed by atoms with van der Waals surface area (Å²) < 4.78 is 22.4. The third-order valence-electron chi connectivity index (χ3n) is 2.88. The van der Waals surface area contributed by atoms with Crippen LogP contribution in [0.2, 0.25) is 0 Å². The Morgan fingerprint density at radius 1 is 1.50 bits per heavy atom. The summed E-state index contributed by atoms with van der Waals surface area (Å²) in [5, 5.41) is -0.809. The fraction of sp³-hybridized carbons (Fsp3) is 0.455. The van der Waals surface area contributed by atoms with Crippen LogP contribution in [0.3, 0.4) is 0 Å². The van der Waals surface area contributed by atoms with Gasteiger partial charge in [-0.15, -0.1) is 0 Å². The summed E-state index contributed by atoms with van der Waals surface area (Å²) in [6, 6.07) is 5.53. The Bertz CT molecular complexity index is 573. The van der Waals surface area contributed by atoms with Crippen LogP contribution in [-0.2, 0) is 20.4 Å². The van der Waals surface area contributed by atoms with Gasteiger partial charge in [0.25, 0.3) is 0 Å². The van der Waals surface area contributed by atoms with Gasteiger partial charge < -0.3 is 4.90 Å². The number of nitrogens with zero attached hydrogens (tertiary/aromatic N) is 2. The van der Waals surface area contributed by atoms with E-state index in [2.05, 4.69) is 4.98 Å². The molecule has 1 fully saturated rings. The molecule has 1 aromatic rings. The maximum Gasteiger partial charge on any atom is 0.237 e. The van der Waals surface area contributed by atoms with Gasteiger partial charge in [-0.05, 0) is 19.1 Å². The first-order valence-electron chi connectivity index (χ1n) is 5.50. The average molecular weight is 289 g/mol. The smallest absolute Gasteiger partial charge is 0.237 e. The van der Waals surface area contributed by atoms with Gasteiger partial charge in [-0.25, -0.2) is 8.42 Å². The molecule has 1 aromatic heterocycles. The van der Waals surface area contributed by atoms with E-state index in [9.17, 15) is 13.2 Å². The summed E-state index contributed by atoms with van der Waals surface area (Å²) in [6.45, 7) is 2.32. The molecule has 2 rings (SSSR count). The molecule has 1 aliphatic rings. The Morgan fingerprint density at radius 2 is 2.22 bits per heavy atom. The second kappa shape index (κ2) is 4.85. The van der Waals surface area contributed by atoms with Crippen molar-refractivity contribution in [2.24, 2.45) is 0 Å². The van der Waals surface area contributed by atoms with Gasteiger partial charge in [0.15, 0.2) is 0 Å². The molecule has 18 heavy (non-hydrogen) atoms. The first-order valence-corrected chi connectivity index (χ1v) is 7.87. The van der Waals surface area contributed by atoms with E-state index in [1.165, 1.54) is 4.90 Å². The van der Waals surface area contributed by atoms with E-state index in [-0.39, 0.29) is 18.9 Å². The van der Waals surface area contributed by atoms with Crippen LogP contribution in [0, 0.1) is 6.92 Å². The van der Waals surface area contributed by atoms with Crippen LogP contribution in [-0.4, -0.2) is 36.0 Å². The van der Waals surface area contributed by atoms with Gasteiger partial charge in [0.1, 0.15) is 5.25 Å². The molecule has 0 spiro atoms. The van der Waals surface area contributed by atoms with Gasteiger partial charge in [-0.3, -0.25) is 9.78 Å². The van der Waals surface area contributed by atoms with Crippen molar-refractivity contribution >= 4 is 25.6 Å². The van der Waals surface area contributed by atoms with Gasteiger partial charge in [0.05, 0.1) is 12.2 Å². The Morgan fingerprint density at radius 3 is 2.78 bits per heavy atom. The van der Waals surface area contributed by atoms with Crippen molar-refractivity contribution in [2.75, 3.05) is 6.54 Å². The summed E-state index contributed by atoms with van der Waals surface area (Å²) in [5.41, 5.74) is 1.61. The highest BCUT2D eigenvalue weighted by Crippen LogP contribution is 2.22. The minimum Gasteiger partial charge on any atom is -0.335 e. The second-order valence-corrected chi connectivity index (χ2v) is 7.25. The van der Waals surface area contributed by atoms with Crippen molar-refractivity contribution in [1.29, 1.82) is 0 Å². The molecule has 1 unspecified atom stereocenters. The van der Waals surface area contributed by atoms with E-state index >= 15 is 0 Å². The number of likely N-dealkylation sites (tertiary alicyclic amines) is 1. The molecule has 7 heteroatoms. The lowest BCUT2D eigenvalue weighted by Crippen LogP contribution is -2.27. The van der Waals surface area contributed by atoms with E-state index in [1.807, 2.05) is 25.1 Å². The molecule has 0 bridgehead atoms. The first-order chi connectivity index (χ1) is 8.36. The highest BCUT2D eigenvalue weighted by Gasteiger charge is 2.37. The number of hydrogen-bond donors (Lipinski definition) is 0. The Hall–Kier alpha value is -1.14. The van der Waals surface area contributed by atoms with Crippen LogP contribution in [0.4, 0.5) is 0 Å². The van der Waals surface area contributed by atoms with E-state index in [0.717, 1.165) is 11.4 Å². The highest BCUT2D eigenvalue weighted by molar-refractivity contribution is 8.14. The fourth-order valence-corrected chi connectivity index (χ4v) is 3.02. The third kappa shape index (κ3) is 3.00. The van der Waals surface area contributed by atoms with E-state index in [1.54, 1.807) is 0 Å². The summed E-state index contributed by atoms with van der Waals surface area (Å²) >= 11 is 0. The van der Waals surface area contributed by atoms with Gasteiger partial charge in [0, 0.05) is 29.3 Å². The van der Waals surface area contributed by atoms with Crippen molar-refractivity contribution in [3.8, 4) is 0 Å². The number of amides is 1. The van der Waals surface area contributed by atoms with Crippen LogP contribution in [0.1, 0.15) is 17.8 Å². The van der Waals surface area contributed by atoms with Gasteiger partial charge in [-0.2, -0.15) is 0 Å². The largest absolute Gasteiger partial charge is 0.335 e. The lowest BCUT2D eigenvalue weighted by atomic mass is 10.3. The molecule has 1 atom stereocenters. The Balaban J connectivity index is 2.10. The molecule has 2 heterocycles. The number of aromatic nitrogens is 1. The van der Waals surface area contributed by atoms with E-state index in [0.29, 0.717) is 6.54 Å². The van der Waals surface area contributed by atoms with Crippen LogP contribution in [0.5, 0.6) is 0 Å². The molecule has 0 aromatic carbocycles. The van der Waals surface area contributed by atoms with Crippen LogP contribution >= 0.6 is 10.7 Å². The lowest BCUT2D eigenvalue weighted by molar-refractivity contribution is -0.128. The molecule has 0 saturated carbocycles. The number of halogens is 1. The summed E-state index contributed by atoms with van der Waals surface area (Å²) in [7, 11) is 1.60. The van der Waals surface area contributed by atoms with Gasteiger partial charge >= 0.3 is 0 Å². The summed E-state index contributed by atoms with van der Waals surface area (Å²) in [4.78, 5) is 17.5. The Kier molecular flexibility index (Phi) is 3.59. The highest BCUT2D eigenvalue weighted by atomic mass is 35.7. The Labute approximate surface area is 110 Å². The van der Waals surface area contributed by atoms with Crippen LogP contribution in [0.15, 0.2) is 18.2 Å². The van der Waals surface area contributed by atoms with E-state index in [4.69, 9.17) is 10.7 Å². The summed E-state index contributed by atoms with van der Waals surface area (Å²) in [6.07, 6.45) is -0.0440. The van der Waals surface area contributed by atoms with Crippen molar-refractivity contribution in [2.45, 2.75) is 25.1 Å². The zero-order chi connectivity index (χ0) is 13.3. The van der Waals surface area contributed by atoms with Crippen LogP contribution in [0.25, 0.3) is 0 Å². The molecular weight excluding hydrogens is 276 g/mol. The molecule has 1 saturated heterocycles. The summed E-state index contributed by atoms with van der Waals surface area (Å²) in [5.74, 6) is -0.201. The number of aryl methyl sites for hydroxylation is 1. The standard InChI is InChI=1S/C11H13ClN2O3S/c1-8-3-2-4-9(13-8)6-14-7-10(5-11(14)15)18(12,16)17/h2-4,10H,5-7H2,1H3. The third-order valence-corrected chi connectivity index (χ3v) is 4.74. The van der Waals surface area contributed by atoms with Crippen LogP contribution < -0.4 is 0 Å². The van der Waals surface area contributed by atoms with Crippen molar-refractivity contribution in [1.82, 2.24) is 9.88 Å². The maximum absolute atomic E-state index is 11.7. The topological polar surface area (TPSA) is 67.3 Å². The number of rotatable bonds is 3. The molecular formula is C11H13ClN2O3S. The SMILES string of the molecule is Cc1cccc(CN2CC(S(=O)(=O)Cl)CC2=O)n1. The zero-order valence-electron chi connectivity index (χ0n) is 9.84. The molecule has 0 radical (unpaired) electrons. The monoisotopic (exact) mass is 288 g/mol. The molecule has 0 aliphatic carbocycles. The number of hydrogen-bond acceptors (Lipinski definition) is 4. The second-order valence-electron chi connectivity index (χ2n) is 4.35. The molecule has 1 amide bonds. The first kappa shape index (κ1) is 13.3. The van der Waals surface area contributed by atoms with Crippen molar-refractivity contribution in [3.63, 3.8) is 0 Å². The molecule has 5 nitrogen and oxygen atoms in total. The number of carbonyl (C=O) groups excluding carboxylic acids is 1. The lowest BCUT2D eigenvalue weighted by Gasteiger charge is -2.15. The maximum atomic E-state index is 11.7. The number of carbonyl (C=O) groups is 1. The zero-order valence-corrected chi connectivity index (χ0v) is 11.4. The normalized spacial score (nSPS) is 20.4. The molecule has 1 aliphatic heterocycles. The van der Waals surface area contributed by atoms with Crippen molar-refractivity contribution < 1.29 is 13.2 Å². The minimum atomic E-state index is -3.68.